The number of aromatic amines is 1. The number of fused-ring (bicyclic) bond motifs is 1. The molecule has 2 heterocycles. The van der Waals surface area contributed by atoms with E-state index in [-0.39, 0.29) is 5.82 Å². The highest BCUT2D eigenvalue weighted by molar-refractivity contribution is 6.31. The van der Waals surface area contributed by atoms with E-state index in [9.17, 15) is 4.39 Å². The highest BCUT2D eigenvalue weighted by Crippen LogP contribution is 2.40. The fourth-order valence-electron chi connectivity index (χ4n) is 3.21. The van der Waals surface area contributed by atoms with Crippen molar-refractivity contribution in [3.05, 3.63) is 57.6 Å². The van der Waals surface area contributed by atoms with Gasteiger partial charge < -0.3 is 9.72 Å². The molecule has 3 nitrogen and oxygen atoms in total. The average molecular weight is 359 g/mol. The Morgan fingerprint density at radius 1 is 1.24 bits per heavy atom. The van der Waals surface area contributed by atoms with Crippen molar-refractivity contribution in [2.75, 3.05) is 0 Å². The van der Waals surface area contributed by atoms with Crippen LogP contribution in [0.2, 0.25) is 5.15 Å². The first kappa shape index (κ1) is 16.4. The third-order valence-corrected chi connectivity index (χ3v) is 5.26. The molecule has 130 valence electrons. The van der Waals surface area contributed by atoms with E-state index in [4.69, 9.17) is 16.3 Å². The third-order valence-electron chi connectivity index (χ3n) is 4.94. The predicted molar refractivity (Wildman–Crippen MR) is 97.7 cm³/mol. The van der Waals surface area contributed by atoms with Crippen LogP contribution in [-0.2, 0) is 13.0 Å². The Hall–Kier alpha value is -2.07. The van der Waals surface area contributed by atoms with Crippen LogP contribution in [0.15, 0.2) is 24.3 Å². The zero-order valence-corrected chi connectivity index (χ0v) is 15.1. The molecule has 0 spiro atoms. The molecule has 0 radical (unpaired) electrons. The van der Waals surface area contributed by atoms with Crippen LogP contribution in [0, 0.1) is 25.6 Å². The second-order valence-corrected chi connectivity index (χ2v) is 7.23. The Balaban J connectivity index is 1.71. The van der Waals surface area contributed by atoms with Crippen molar-refractivity contribution in [3.63, 3.8) is 0 Å². The standard InChI is InChI=1S/C20H20ClFN2O/c1-11-12(2)23-18-17(11)16(9-13-3-4-13)19(21)24-20(18)25-10-14-5-7-15(22)8-6-14/h5-8,13,23H,3-4,9-10H2,1-2H3. The molecule has 0 unspecified atom stereocenters. The Bertz CT molecular complexity index is 929. The number of nitrogens with one attached hydrogen (secondary N) is 1. The molecule has 3 aromatic rings. The summed E-state index contributed by atoms with van der Waals surface area (Å²) < 4.78 is 19.0. The van der Waals surface area contributed by atoms with E-state index >= 15 is 0 Å². The molecule has 1 saturated carbocycles. The fraction of sp³-hybridized carbons (Fsp3) is 0.350. The van der Waals surface area contributed by atoms with Gasteiger partial charge in [0.05, 0.1) is 0 Å². The lowest BCUT2D eigenvalue weighted by molar-refractivity contribution is 0.297. The van der Waals surface area contributed by atoms with Crippen molar-refractivity contribution in [1.82, 2.24) is 9.97 Å². The molecule has 1 aromatic carbocycles. The van der Waals surface area contributed by atoms with Crippen LogP contribution in [0.4, 0.5) is 4.39 Å². The number of halogens is 2. The van der Waals surface area contributed by atoms with Crippen molar-refractivity contribution in [3.8, 4) is 5.88 Å². The average Bonchev–Trinajstić information content (AvgIpc) is 3.36. The number of pyridine rings is 1. The number of rotatable bonds is 5. The molecule has 0 atom stereocenters. The number of hydrogen-bond donors (Lipinski definition) is 1. The summed E-state index contributed by atoms with van der Waals surface area (Å²) in [5, 5.41) is 1.66. The summed E-state index contributed by atoms with van der Waals surface area (Å²) in [5.41, 5.74) is 5.20. The van der Waals surface area contributed by atoms with E-state index in [2.05, 4.69) is 16.9 Å². The van der Waals surface area contributed by atoms with Crippen LogP contribution in [0.5, 0.6) is 5.88 Å². The van der Waals surface area contributed by atoms with Gasteiger partial charge in [0.25, 0.3) is 0 Å². The molecule has 1 N–H and O–H groups in total. The zero-order valence-electron chi connectivity index (χ0n) is 14.3. The van der Waals surface area contributed by atoms with Crippen LogP contribution in [0.3, 0.4) is 0 Å². The largest absolute Gasteiger partial charge is 0.471 e. The van der Waals surface area contributed by atoms with Crippen LogP contribution in [-0.4, -0.2) is 9.97 Å². The Kier molecular flexibility index (Phi) is 4.16. The Morgan fingerprint density at radius 3 is 2.64 bits per heavy atom. The highest BCUT2D eigenvalue weighted by Gasteiger charge is 2.26. The summed E-state index contributed by atoms with van der Waals surface area (Å²) in [4.78, 5) is 7.90. The topological polar surface area (TPSA) is 37.9 Å². The smallest absolute Gasteiger partial charge is 0.240 e. The van der Waals surface area contributed by atoms with Gasteiger partial charge in [-0.1, -0.05) is 23.7 Å². The van der Waals surface area contributed by atoms with Gasteiger partial charge in [0.15, 0.2) is 0 Å². The summed E-state index contributed by atoms with van der Waals surface area (Å²) in [6, 6.07) is 6.27. The van der Waals surface area contributed by atoms with Gasteiger partial charge >= 0.3 is 0 Å². The van der Waals surface area contributed by atoms with Gasteiger partial charge in [-0.25, -0.2) is 4.39 Å². The van der Waals surface area contributed by atoms with Crippen molar-refractivity contribution in [2.45, 2.75) is 39.7 Å². The molecule has 5 heteroatoms. The molecule has 0 saturated heterocycles. The van der Waals surface area contributed by atoms with Crippen molar-refractivity contribution < 1.29 is 9.13 Å². The molecule has 0 bridgehead atoms. The van der Waals surface area contributed by atoms with Gasteiger partial charge in [-0.15, -0.1) is 0 Å². The van der Waals surface area contributed by atoms with Gasteiger partial charge in [-0.2, -0.15) is 4.98 Å². The summed E-state index contributed by atoms with van der Waals surface area (Å²) in [5.74, 6) is 0.968. The second-order valence-electron chi connectivity index (χ2n) is 6.87. The van der Waals surface area contributed by atoms with Gasteiger partial charge in [-0.3, -0.25) is 0 Å². The van der Waals surface area contributed by atoms with E-state index in [1.807, 2.05) is 6.92 Å². The third kappa shape index (κ3) is 3.23. The first-order valence-electron chi connectivity index (χ1n) is 8.57. The number of H-pyrrole nitrogens is 1. The lowest BCUT2D eigenvalue weighted by Gasteiger charge is -2.11. The van der Waals surface area contributed by atoms with Crippen molar-refractivity contribution in [2.24, 2.45) is 5.92 Å². The zero-order chi connectivity index (χ0) is 17.6. The summed E-state index contributed by atoms with van der Waals surface area (Å²) >= 11 is 6.51. The van der Waals surface area contributed by atoms with Crippen LogP contribution in [0.1, 0.15) is 35.2 Å². The molecule has 25 heavy (non-hydrogen) atoms. The summed E-state index contributed by atoms with van der Waals surface area (Å²) in [6.45, 7) is 4.47. The first-order valence-corrected chi connectivity index (χ1v) is 8.95. The SMILES string of the molecule is Cc1[nH]c2c(OCc3ccc(F)cc3)nc(Cl)c(CC3CC3)c2c1C. The maximum Gasteiger partial charge on any atom is 0.240 e. The van der Waals surface area contributed by atoms with E-state index in [1.165, 1.54) is 30.5 Å². The van der Waals surface area contributed by atoms with E-state index in [1.54, 1.807) is 12.1 Å². The maximum atomic E-state index is 13.0. The monoisotopic (exact) mass is 358 g/mol. The second kappa shape index (κ2) is 6.34. The number of benzene rings is 1. The summed E-state index contributed by atoms with van der Waals surface area (Å²) in [7, 11) is 0. The van der Waals surface area contributed by atoms with Gasteiger partial charge in [0.2, 0.25) is 5.88 Å². The molecule has 1 aliphatic carbocycles. The molecule has 0 amide bonds. The molecular weight excluding hydrogens is 339 g/mol. The fourth-order valence-corrected chi connectivity index (χ4v) is 3.45. The lowest BCUT2D eigenvalue weighted by atomic mass is 10.0. The molecule has 2 aromatic heterocycles. The van der Waals surface area contributed by atoms with Gasteiger partial charge in [0, 0.05) is 11.1 Å². The number of aryl methyl sites for hydroxylation is 2. The number of hydrogen-bond acceptors (Lipinski definition) is 2. The van der Waals surface area contributed by atoms with Crippen molar-refractivity contribution >= 4 is 22.5 Å². The molecular formula is C20H20ClFN2O. The normalized spacial score (nSPS) is 14.2. The van der Waals surface area contributed by atoms with Gasteiger partial charge in [-0.05, 0) is 67.9 Å². The number of nitrogens with zero attached hydrogens (tertiary/aromatic N) is 1. The number of ether oxygens (including phenoxy) is 1. The predicted octanol–water partition coefficient (Wildman–Crippen LogP) is 5.50. The van der Waals surface area contributed by atoms with Crippen LogP contribution in [0.25, 0.3) is 10.9 Å². The number of aromatic nitrogens is 2. The van der Waals surface area contributed by atoms with E-state index in [0.29, 0.717) is 17.6 Å². The summed E-state index contributed by atoms with van der Waals surface area (Å²) in [6.07, 6.45) is 3.50. The lowest BCUT2D eigenvalue weighted by Crippen LogP contribution is -2.01. The first-order chi connectivity index (χ1) is 12.0. The Morgan fingerprint density at radius 2 is 1.96 bits per heavy atom. The Labute approximate surface area is 151 Å². The molecule has 4 rings (SSSR count). The van der Waals surface area contributed by atoms with Crippen molar-refractivity contribution in [1.29, 1.82) is 0 Å². The van der Waals surface area contributed by atoms with E-state index in [0.717, 1.165) is 40.1 Å². The molecule has 1 aliphatic rings. The maximum absolute atomic E-state index is 13.0. The minimum atomic E-state index is -0.257. The minimum Gasteiger partial charge on any atom is -0.471 e. The van der Waals surface area contributed by atoms with E-state index < -0.39 is 0 Å². The highest BCUT2D eigenvalue weighted by atomic mass is 35.5. The molecule has 1 fully saturated rings. The van der Waals surface area contributed by atoms with Crippen LogP contribution < -0.4 is 4.74 Å². The van der Waals surface area contributed by atoms with Crippen LogP contribution >= 0.6 is 11.6 Å². The minimum absolute atomic E-state index is 0.257. The van der Waals surface area contributed by atoms with Gasteiger partial charge in [0.1, 0.15) is 23.1 Å². The quantitative estimate of drug-likeness (QED) is 0.611. The molecule has 0 aliphatic heterocycles.